The number of halogens is 1. The van der Waals surface area contributed by atoms with Gasteiger partial charge in [-0.2, -0.15) is 0 Å². The standard InChI is InChI=1S/C13H20ClNOS/c1-13(2,3)9-15-11-5-6-12(14)10(7-11)8-17(4)16/h5-7,15H,8-9H2,1-4H3. The molecule has 0 aromatic heterocycles. The number of rotatable bonds is 4. The predicted octanol–water partition coefficient (Wildman–Crippen LogP) is 3.68. The molecule has 0 spiro atoms. The van der Waals surface area contributed by atoms with Crippen molar-refractivity contribution in [2.45, 2.75) is 26.5 Å². The van der Waals surface area contributed by atoms with Crippen molar-refractivity contribution in [3.8, 4) is 0 Å². The molecule has 96 valence electrons. The first kappa shape index (κ1) is 14.5. The molecule has 1 unspecified atom stereocenters. The second-order valence-electron chi connectivity index (χ2n) is 5.44. The number of nitrogens with one attached hydrogen (secondary N) is 1. The minimum absolute atomic E-state index is 0.230. The highest BCUT2D eigenvalue weighted by atomic mass is 35.5. The van der Waals surface area contributed by atoms with Crippen LogP contribution >= 0.6 is 11.6 Å². The van der Waals surface area contributed by atoms with E-state index in [9.17, 15) is 4.21 Å². The molecule has 0 saturated heterocycles. The average molecular weight is 274 g/mol. The molecule has 0 radical (unpaired) electrons. The zero-order valence-corrected chi connectivity index (χ0v) is 12.4. The van der Waals surface area contributed by atoms with Crippen LogP contribution in [0, 0.1) is 5.41 Å². The highest BCUT2D eigenvalue weighted by molar-refractivity contribution is 7.83. The SMILES string of the molecule is CS(=O)Cc1cc(NCC(C)(C)C)ccc1Cl. The second-order valence-corrected chi connectivity index (χ2v) is 7.28. The van der Waals surface area contributed by atoms with Gasteiger partial charge in [0.1, 0.15) is 0 Å². The Balaban J connectivity index is 2.78. The zero-order valence-electron chi connectivity index (χ0n) is 10.8. The summed E-state index contributed by atoms with van der Waals surface area (Å²) in [5.41, 5.74) is 2.20. The third-order valence-electron chi connectivity index (χ3n) is 2.23. The summed E-state index contributed by atoms with van der Waals surface area (Å²) in [6.45, 7) is 7.43. The van der Waals surface area contributed by atoms with Gasteiger partial charge in [0.05, 0.1) is 0 Å². The molecule has 4 heteroatoms. The minimum atomic E-state index is -0.868. The summed E-state index contributed by atoms with van der Waals surface area (Å²) in [4.78, 5) is 0. The van der Waals surface area contributed by atoms with Gasteiger partial charge in [-0.3, -0.25) is 4.21 Å². The Morgan fingerprint density at radius 3 is 2.53 bits per heavy atom. The molecule has 0 saturated carbocycles. The predicted molar refractivity (Wildman–Crippen MR) is 77.2 cm³/mol. The third kappa shape index (κ3) is 5.55. The molecule has 17 heavy (non-hydrogen) atoms. The molecule has 0 fully saturated rings. The normalized spacial score (nSPS) is 13.5. The molecule has 1 rings (SSSR count). The van der Waals surface area contributed by atoms with E-state index in [-0.39, 0.29) is 5.41 Å². The summed E-state index contributed by atoms with van der Waals surface area (Å²) in [6.07, 6.45) is 1.69. The third-order valence-corrected chi connectivity index (χ3v) is 3.31. The molecule has 0 bridgehead atoms. The van der Waals surface area contributed by atoms with E-state index >= 15 is 0 Å². The van der Waals surface area contributed by atoms with E-state index < -0.39 is 10.8 Å². The van der Waals surface area contributed by atoms with Gasteiger partial charge in [-0.25, -0.2) is 0 Å². The van der Waals surface area contributed by atoms with Gasteiger partial charge in [0, 0.05) is 40.1 Å². The zero-order chi connectivity index (χ0) is 13.1. The van der Waals surface area contributed by atoms with E-state index in [1.54, 1.807) is 6.26 Å². The second kappa shape index (κ2) is 5.87. The average Bonchev–Trinajstić information content (AvgIpc) is 2.17. The summed E-state index contributed by atoms with van der Waals surface area (Å²) in [7, 11) is -0.868. The fourth-order valence-electron chi connectivity index (χ4n) is 1.38. The lowest BCUT2D eigenvalue weighted by Gasteiger charge is -2.20. The topological polar surface area (TPSA) is 29.1 Å². The first-order valence-corrected chi connectivity index (χ1v) is 7.71. The highest BCUT2D eigenvalue weighted by Gasteiger charge is 2.10. The van der Waals surface area contributed by atoms with E-state index in [0.29, 0.717) is 10.8 Å². The Labute approximate surface area is 111 Å². The van der Waals surface area contributed by atoms with E-state index in [1.165, 1.54) is 0 Å². The monoisotopic (exact) mass is 273 g/mol. The quantitative estimate of drug-likeness (QED) is 0.907. The molecular formula is C13H20ClNOS. The van der Waals surface area contributed by atoms with Gasteiger partial charge >= 0.3 is 0 Å². The lowest BCUT2D eigenvalue weighted by Crippen LogP contribution is -2.19. The van der Waals surface area contributed by atoms with E-state index in [2.05, 4.69) is 26.1 Å². The van der Waals surface area contributed by atoms with Crippen molar-refractivity contribution in [2.24, 2.45) is 5.41 Å². The largest absolute Gasteiger partial charge is 0.385 e. The summed E-state index contributed by atoms with van der Waals surface area (Å²) in [5, 5.41) is 4.05. The van der Waals surface area contributed by atoms with Crippen LogP contribution in [-0.2, 0) is 16.6 Å². The van der Waals surface area contributed by atoms with Gasteiger partial charge in [0.15, 0.2) is 0 Å². The fraction of sp³-hybridized carbons (Fsp3) is 0.538. The van der Waals surface area contributed by atoms with Gasteiger partial charge < -0.3 is 5.32 Å². The molecule has 1 N–H and O–H groups in total. The van der Waals surface area contributed by atoms with Gasteiger partial charge in [-0.1, -0.05) is 32.4 Å². The van der Waals surface area contributed by atoms with Crippen molar-refractivity contribution in [3.63, 3.8) is 0 Å². The van der Waals surface area contributed by atoms with Gasteiger partial charge in [0.2, 0.25) is 0 Å². The smallest absolute Gasteiger partial charge is 0.0498 e. The molecule has 1 aromatic carbocycles. The summed E-state index contributed by atoms with van der Waals surface area (Å²) < 4.78 is 11.2. The molecular weight excluding hydrogens is 254 g/mol. The molecule has 0 aliphatic carbocycles. The van der Waals surface area contributed by atoms with Crippen molar-refractivity contribution < 1.29 is 4.21 Å². The van der Waals surface area contributed by atoms with Gasteiger partial charge in [-0.15, -0.1) is 0 Å². The Kier molecular flexibility index (Phi) is 5.02. The Bertz CT molecular complexity index is 412. The lowest BCUT2D eigenvalue weighted by molar-refractivity contribution is 0.443. The van der Waals surface area contributed by atoms with Crippen LogP contribution in [0.25, 0.3) is 0 Å². The van der Waals surface area contributed by atoms with Crippen LogP contribution in [0.1, 0.15) is 26.3 Å². The molecule has 2 nitrogen and oxygen atoms in total. The molecule has 1 aromatic rings. The number of hydrogen-bond donors (Lipinski definition) is 1. The van der Waals surface area contributed by atoms with Crippen molar-refractivity contribution in [1.29, 1.82) is 0 Å². The molecule has 0 amide bonds. The maximum Gasteiger partial charge on any atom is 0.0498 e. The Morgan fingerprint density at radius 2 is 2.00 bits per heavy atom. The first-order valence-electron chi connectivity index (χ1n) is 5.60. The van der Waals surface area contributed by atoms with Crippen molar-refractivity contribution >= 4 is 28.1 Å². The van der Waals surface area contributed by atoms with Crippen LogP contribution in [0.15, 0.2) is 18.2 Å². The van der Waals surface area contributed by atoms with E-state index in [1.807, 2.05) is 18.2 Å². The van der Waals surface area contributed by atoms with Crippen LogP contribution in [0.5, 0.6) is 0 Å². The fourth-order valence-corrected chi connectivity index (χ4v) is 2.32. The Hall–Kier alpha value is -0.540. The molecule has 0 aliphatic rings. The lowest BCUT2D eigenvalue weighted by atomic mass is 9.97. The van der Waals surface area contributed by atoms with E-state index in [0.717, 1.165) is 17.8 Å². The van der Waals surface area contributed by atoms with Crippen LogP contribution in [0.3, 0.4) is 0 Å². The van der Waals surface area contributed by atoms with Gasteiger partial charge in [-0.05, 0) is 29.2 Å². The van der Waals surface area contributed by atoms with E-state index in [4.69, 9.17) is 11.6 Å². The van der Waals surface area contributed by atoms with Crippen molar-refractivity contribution in [3.05, 3.63) is 28.8 Å². The number of anilines is 1. The van der Waals surface area contributed by atoms with Crippen LogP contribution < -0.4 is 5.32 Å². The highest BCUT2D eigenvalue weighted by Crippen LogP contribution is 2.23. The van der Waals surface area contributed by atoms with Crippen molar-refractivity contribution in [2.75, 3.05) is 18.1 Å². The maximum atomic E-state index is 11.2. The summed E-state index contributed by atoms with van der Waals surface area (Å²) in [5.74, 6) is 0.504. The summed E-state index contributed by atoms with van der Waals surface area (Å²) in [6, 6.07) is 5.79. The van der Waals surface area contributed by atoms with Crippen LogP contribution in [-0.4, -0.2) is 17.0 Å². The van der Waals surface area contributed by atoms with Crippen molar-refractivity contribution in [1.82, 2.24) is 0 Å². The van der Waals surface area contributed by atoms with Crippen LogP contribution in [0.2, 0.25) is 5.02 Å². The summed E-state index contributed by atoms with van der Waals surface area (Å²) >= 11 is 6.07. The number of hydrogen-bond acceptors (Lipinski definition) is 2. The molecule has 0 aliphatic heterocycles. The Morgan fingerprint density at radius 1 is 1.35 bits per heavy atom. The maximum absolute atomic E-state index is 11.2. The molecule has 0 heterocycles. The minimum Gasteiger partial charge on any atom is -0.385 e. The van der Waals surface area contributed by atoms with Gasteiger partial charge in [0.25, 0.3) is 0 Å². The first-order chi connectivity index (χ1) is 7.78. The molecule has 1 atom stereocenters. The number of benzene rings is 1. The van der Waals surface area contributed by atoms with Crippen LogP contribution in [0.4, 0.5) is 5.69 Å².